The number of nitrogens with one attached hydrogen (secondary N) is 2. The smallest absolute Gasteiger partial charge is 0.224 e. The van der Waals surface area contributed by atoms with Crippen molar-refractivity contribution in [1.29, 1.82) is 0 Å². The number of halogens is 1. The van der Waals surface area contributed by atoms with E-state index in [0.29, 0.717) is 16.8 Å². The topological polar surface area (TPSA) is 49.8 Å². The van der Waals surface area contributed by atoms with Crippen LogP contribution in [0.15, 0.2) is 6.20 Å². The van der Waals surface area contributed by atoms with Gasteiger partial charge in [0, 0.05) is 13.1 Å². The molecule has 2 N–H and O–H groups in total. The van der Waals surface area contributed by atoms with E-state index in [1.54, 1.807) is 6.20 Å². The molecule has 20 heavy (non-hydrogen) atoms. The third-order valence-corrected chi connectivity index (χ3v) is 3.55. The van der Waals surface area contributed by atoms with Gasteiger partial charge in [-0.05, 0) is 18.8 Å². The van der Waals surface area contributed by atoms with Gasteiger partial charge in [0.05, 0.1) is 6.20 Å². The van der Waals surface area contributed by atoms with Gasteiger partial charge >= 0.3 is 0 Å². The molecule has 0 spiro atoms. The van der Waals surface area contributed by atoms with Crippen LogP contribution in [-0.4, -0.2) is 23.1 Å². The lowest BCUT2D eigenvalue weighted by Crippen LogP contribution is -2.23. The number of anilines is 2. The normalized spacial score (nSPS) is 11.4. The minimum absolute atomic E-state index is 0.238. The first-order chi connectivity index (χ1) is 9.48. The number of aromatic nitrogens is 2. The Labute approximate surface area is 127 Å². The molecule has 0 saturated heterocycles. The molecule has 1 aromatic heterocycles. The van der Waals surface area contributed by atoms with Crippen molar-refractivity contribution >= 4 is 23.4 Å². The van der Waals surface area contributed by atoms with E-state index in [9.17, 15) is 0 Å². The molecule has 0 aliphatic rings. The van der Waals surface area contributed by atoms with Crippen LogP contribution in [0, 0.1) is 5.41 Å². The highest BCUT2D eigenvalue weighted by atomic mass is 35.5. The summed E-state index contributed by atoms with van der Waals surface area (Å²) < 4.78 is 0. The van der Waals surface area contributed by atoms with Gasteiger partial charge < -0.3 is 10.6 Å². The summed E-state index contributed by atoms with van der Waals surface area (Å²) in [5.74, 6) is 1.32. The Balaban J connectivity index is 2.57. The van der Waals surface area contributed by atoms with E-state index >= 15 is 0 Å². The molecule has 0 amide bonds. The van der Waals surface area contributed by atoms with Crippen LogP contribution in [0.1, 0.15) is 53.4 Å². The summed E-state index contributed by atoms with van der Waals surface area (Å²) in [6.07, 6.45) is 6.66. The minimum atomic E-state index is 0.238. The molecule has 1 heterocycles. The maximum Gasteiger partial charge on any atom is 0.224 e. The van der Waals surface area contributed by atoms with Crippen molar-refractivity contribution in [2.75, 3.05) is 23.7 Å². The van der Waals surface area contributed by atoms with Crippen LogP contribution in [0.4, 0.5) is 11.8 Å². The molecule has 0 unspecified atom stereocenters. The van der Waals surface area contributed by atoms with Crippen LogP contribution in [0.2, 0.25) is 5.02 Å². The zero-order valence-electron chi connectivity index (χ0n) is 13.1. The zero-order chi connectivity index (χ0) is 15.0. The van der Waals surface area contributed by atoms with Crippen molar-refractivity contribution in [3.05, 3.63) is 11.2 Å². The van der Waals surface area contributed by atoms with E-state index in [1.807, 2.05) is 6.92 Å². The number of hydrogen-bond acceptors (Lipinski definition) is 4. The zero-order valence-corrected chi connectivity index (χ0v) is 13.8. The van der Waals surface area contributed by atoms with Gasteiger partial charge in [0.25, 0.3) is 0 Å². The standard InChI is InChI=1S/C15H27ClN4/c1-5-7-8-9-15(3,4)11-19-13-12(16)10-18-14(20-13)17-6-2/h10H,5-9,11H2,1-4H3,(H2,17,18,19,20). The lowest BCUT2D eigenvalue weighted by Gasteiger charge is -2.25. The third kappa shape index (κ3) is 5.95. The first-order valence-electron chi connectivity index (χ1n) is 7.49. The Morgan fingerprint density at radius 3 is 2.60 bits per heavy atom. The van der Waals surface area contributed by atoms with Crippen molar-refractivity contribution < 1.29 is 0 Å². The van der Waals surface area contributed by atoms with Crippen molar-refractivity contribution in [3.8, 4) is 0 Å². The van der Waals surface area contributed by atoms with Gasteiger partial charge in [-0.15, -0.1) is 0 Å². The second-order valence-corrected chi connectivity index (χ2v) is 6.30. The molecular weight excluding hydrogens is 272 g/mol. The molecule has 0 bridgehead atoms. The Bertz CT molecular complexity index is 407. The Hall–Kier alpha value is -1.03. The van der Waals surface area contributed by atoms with Gasteiger partial charge in [-0.2, -0.15) is 4.98 Å². The molecule has 0 fully saturated rings. The Kier molecular flexibility index (Phi) is 7.06. The second-order valence-electron chi connectivity index (χ2n) is 5.90. The number of unbranched alkanes of at least 4 members (excludes halogenated alkanes) is 2. The summed E-state index contributed by atoms with van der Waals surface area (Å²) in [5, 5.41) is 7.01. The summed E-state index contributed by atoms with van der Waals surface area (Å²) >= 11 is 6.14. The highest BCUT2D eigenvalue weighted by Gasteiger charge is 2.18. The molecule has 0 aromatic carbocycles. The quantitative estimate of drug-likeness (QED) is 0.655. The monoisotopic (exact) mass is 298 g/mol. The number of rotatable bonds is 9. The highest BCUT2D eigenvalue weighted by Crippen LogP contribution is 2.26. The van der Waals surface area contributed by atoms with Crippen LogP contribution in [0.3, 0.4) is 0 Å². The lowest BCUT2D eigenvalue weighted by atomic mass is 9.87. The Morgan fingerprint density at radius 2 is 1.95 bits per heavy atom. The lowest BCUT2D eigenvalue weighted by molar-refractivity contribution is 0.342. The first-order valence-corrected chi connectivity index (χ1v) is 7.86. The van der Waals surface area contributed by atoms with E-state index in [-0.39, 0.29) is 5.41 Å². The van der Waals surface area contributed by atoms with Crippen molar-refractivity contribution in [2.45, 2.75) is 53.4 Å². The second kappa shape index (κ2) is 8.30. The largest absolute Gasteiger partial charge is 0.368 e. The molecule has 114 valence electrons. The predicted molar refractivity (Wildman–Crippen MR) is 87.6 cm³/mol. The fourth-order valence-electron chi connectivity index (χ4n) is 2.00. The van der Waals surface area contributed by atoms with Gasteiger partial charge in [0.1, 0.15) is 5.02 Å². The van der Waals surface area contributed by atoms with Crippen LogP contribution < -0.4 is 10.6 Å². The van der Waals surface area contributed by atoms with Gasteiger partial charge in [-0.25, -0.2) is 4.98 Å². The summed E-state index contributed by atoms with van der Waals surface area (Å²) in [6, 6.07) is 0. The van der Waals surface area contributed by atoms with Crippen LogP contribution in [-0.2, 0) is 0 Å². The average Bonchev–Trinajstić information content (AvgIpc) is 2.40. The first kappa shape index (κ1) is 17.0. The van der Waals surface area contributed by atoms with Gasteiger partial charge in [0.15, 0.2) is 5.82 Å². The molecule has 0 radical (unpaired) electrons. The maximum absolute atomic E-state index is 6.14. The molecule has 1 aromatic rings. The van der Waals surface area contributed by atoms with Crippen LogP contribution in [0.5, 0.6) is 0 Å². The third-order valence-electron chi connectivity index (χ3n) is 3.27. The van der Waals surface area contributed by atoms with Gasteiger partial charge in [-0.3, -0.25) is 0 Å². The summed E-state index contributed by atoms with van der Waals surface area (Å²) in [6.45, 7) is 10.4. The van der Waals surface area contributed by atoms with Gasteiger partial charge in [-0.1, -0.05) is 51.6 Å². The molecule has 0 atom stereocenters. The summed E-state index contributed by atoms with van der Waals surface area (Å²) in [7, 11) is 0. The molecule has 0 saturated carbocycles. The fraction of sp³-hybridized carbons (Fsp3) is 0.733. The van der Waals surface area contributed by atoms with Gasteiger partial charge in [0.2, 0.25) is 5.95 Å². The maximum atomic E-state index is 6.14. The van der Waals surface area contributed by atoms with E-state index < -0.39 is 0 Å². The van der Waals surface area contributed by atoms with E-state index in [2.05, 4.69) is 41.4 Å². The van der Waals surface area contributed by atoms with E-state index in [1.165, 1.54) is 25.7 Å². The van der Waals surface area contributed by atoms with Crippen molar-refractivity contribution in [2.24, 2.45) is 5.41 Å². The van der Waals surface area contributed by atoms with Crippen molar-refractivity contribution in [3.63, 3.8) is 0 Å². The summed E-state index contributed by atoms with van der Waals surface area (Å²) in [4.78, 5) is 8.54. The molecule has 5 heteroatoms. The predicted octanol–water partition coefficient (Wildman–Crippen LogP) is 4.58. The average molecular weight is 299 g/mol. The minimum Gasteiger partial charge on any atom is -0.368 e. The molecule has 4 nitrogen and oxygen atoms in total. The number of nitrogens with zero attached hydrogens (tertiary/aromatic N) is 2. The van der Waals surface area contributed by atoms with Crippen molar-refractivity contribution in [1.82, 2.24) is 9.97 Å². The highest BCUT2D eigenvalue weighted by molar-refractivity contribution is 6.32. The van der Waals surface area contributed by atoms with Crippen LogP contribution >= 0.6 is 11.6 Å². The van der Waals surface area contributed by atoms with E-state index in [0.717, 1.165) is 13.1 Å². The molecule has 0 aliphatic carbocycles. The van der Waals surface area contributed by atoms with E-state index in [4.69, 9.17) is 11.6 Å². The fourth-order valence-corrected chi connectivity index (χ4v) is 2.16. The SMILES string of the molecule is CCCCCC(C)(C)CNc1nc(NCC)ncc1Cl. The molecular formula is C15H27ClN4. The summed E-state index contributed by atoms with van der Waals surface area (Å²) in [5.41, 5.74) is 0.238. The number of hydrogen-bond donors (Lipinski definition) is 2. The van der Waals surface area contributed by atoms with Crippen LogP contribution in [0.25, 0.3) is 0 Å². The molecule has 0 aliphatic heterocycles. The Morgan fingerprint density at radius 1 is 1.20 bits per heavy atom. The molecule has 1 rings (SSSR count).